The van der Waals surface area contributed by atoms with Crippen LogP contribution in [0.5, 0.6) is 0 Å². The van der Waals surface area contributed by atoms with Gasteiger partial charge in [-0.15, -0.1) is 12.3 Å². The van der Waals surface area contributed by atoms with Gasteiger partial charge in [0.05, 0.1) is 0 Å². The molecule has 0 spiro atoms. The van der Waals surface area contributed by atoms with Gasteiger partial charge in [0.2, 0.25) is 0 Å². The molecular weight excluding hydrogens is 184 g/mol. The molecule has 2 heteroatoms. The molecule has 3 N–H and O–H groups in total. The maximum absolute atomic E-state index is 5.65. The quantitative estimate of drug-likeness (QED) is 0.414. The minimum Gasteiger partial charge on any atom is -0.271 e. The van der Waals surface area contributed by atoms with Crippen LogP contribution >= 0.6 is 0 Å². The summed E-state index contributed by atoms with van der Waals surface area (Å²) in [5.41, 5.74) is 3.00. The van der Waals surface area contributed by atoms with Crippen molar-refractivity contribution in [2.75, 3.05) is 0 Å². The Labute approximate surface area is 92.0 Å². The number of fused-ring (bicyclic) bond motifs is 5. The third-order valence-electron chi connectivity index (χ3n) is 5.07. The second-order valence-electron chi connectivity index (χ2n) is 5.58. The summed E-state index contributed by atoms with van der Waals surface area (Å²) in [6.45, 7) is 0. The van der Waals surface area contributed by atoms with Crippen molar-refractivity contribution in [3.8, 4) is 12.3 Å². The Kier molecular flexibility index (Phi) is 2.26. The van der Waals surface area contributed by atoms with Gasteiger partial charge < -0.3 is 0 Å². The zero-order valence-electron chi connectivity index (χ0n) is 9.15. The molecule has 82 valence electrons. The third kappa shape index (κ3) is 1.33. The smallest absolute Gasteiger partial charge is 0.0253 e. The Morgan fingerprint density at radius 1 is 1.33 bits per heavy atom. The molecule has 3 rings (SSSR count). The van der Waals surface area contributed by atoms with E-state index in [4.69, 9.17) is 12.3 Å². The summed E-state index contributed by atoms with van der Waals surface area (Å²) in [7, 11) is 0. The summed E-state index contributed by atoms with van der Waals surface area (Å²) >= 11 is 0. The molecule has 0 aromatic carbocycles. The molecule has 15 heavy (non-hydrogen) atoms. The fourth-order valence-electron chi connectivity index (χ4n) is 4.56. The van der Waals surface area contributed by atoms with Gasteiger partial charge in [-0.1, -0.05) is 0 Å². The van der Waals surface area contributed by atoms with Crippen LogP contribution in [-0.4, -0.2) is 6.04 Å². The number of rotatable bonds is 4. The second-order valence-corrected chi connectivity index (χ2v) is 5.58. The van der Waals surface area contributed by atoms with E-state index in [1.54, 1.807) is 0 Å². The van der Waals surface area contributed by atoms with Crippen molar-refractivity contribution in [2.45, 2.75) is 38.1 Å². The molecule has 2 bridgehead atoms. The van der Waals surface area contributed by atoms with E-state index >= 15 is 0 Å². The molecule has 5 atom stereocenters. The largest absolute Gasteiger partial charge is 0.271 e. The number of nitrogens with one attached hydrogen (secondary N) is 1. The highest BCUT2D eigenvalue weighted by molar-refractivity contribution is 5.15. The lowest BCUT2D eigenvalue weighted by atomic mass is 9.95. The Morgan fingerprint density at radius 2 is 2.00 bits per heavy atom. The van der Waals surface area contributed by atoms with Crippen LogP contribution in [0.3, 0.4) is 0 Å². The van der Waals surface area contributed by atoms with Gasteiger partial charge in [-0.3, -0.25) is 11.3 Å². The normalized spacial score (nSPS) is 47.3. The first-order valence-corrected chi connectivity index (χ1v) is 6.26. The number of hydrazine groups is 1. The van der Waals surface area contributed by atoms with Crippen LogP contribution < -0.4 is 11.3 Å². The molecule has 0 heterocycles. The molecular formula is C13H20N2. The van der Waals surface area contributed by atoms with E-state index in [1.807, 2.05) is 0 Å². The molecule has 3 aliphatic rings. The van der Waals surface area contributed by atoms with Gasteiger partial charge in [-0.2, -0.15) is 0 Å². The van der Waals surface area contributed by atoms with E-state index in [0.29, 0.717) is 6.04 Å². The van der Waals surface area contributed by atoms with Gasteiger partial charge in [0.25, 0.3) is 0 Å². The number of hydrogen-bond acceptors (Lipinski definition) is 2. The van der Waals surface area contributed by atoms with Crippen LogP contribution in [0.1, 0.15) is 32.1 Å². The summed E-state index contributed by atoms with van der Waals surface area (Å²) in [6, 6.07) is 0.486. The van der Waals surface area contributed by atoms with Crippen LogP contribution in [-0.2, 0) is 0 Å². The van der Waals surface area contributed by atoms with E-state index in [0.717, 1.165) is 42.4 Å². The average molecular weight is 204 g/mol. The minimum absolute atomic E-state index is 0.486. The summed E-state index contributed by atoms with van der Waals surface area (Å²) in [5, 5.41) is 0. The maximum Gasteiger partial charge on any atom is 0.0253 e. The van der Waals surface area contributed by atoms with Gasteiger partial charge in [0, 0.05) is 12.5 Å². The lowest BCUT2D eigenvalue weighted by Gasteiger charge is -2.18. The van der Waals surface area contributed by atoms with Crippen LogP contribution in [0.2, 0.25) is 0 Å². The van der Waals surface area contributed by atoms with Crippen molar-refractivity contribution in [2.24, 2.45) is 35.4 Å². The van der Waals surface area contributed by atoms with Crippen LogP contribution in [0, 0.1) is 41.9 Å². The lowest BCUT2D eigenvalue weighted by molar-refractivity contribution is 0.354. The monoisotopic (exact) mass is 204 g/mol. The topological polar surface area (TPSA) is 38.0 Å². The number of nitrogens with two attached hydrogens (primary N) is 1. The molecule has 0 aromatic rings. The van der Waals surface area contributed by atoms with Crippen molar-refractivity contribution in [3.63, 3.8) is 0 Å². The molecule has 0 aromatic heterocycles. The summed E-state index contributed by atoms with van der Waals surface area (Å²) < 4.78 is 0. The Balaban J connectivity index is 1.63. The van der Waals surface area contributed by atoms with Gasteiger partial charge >= 0.3 is 0 Å². The van der Waals surface area contributed by atoms with Crippen molar-refractivity contribution >= 4 is 0 Å². The molecule has 3 fully saturated rings. The molecule has 0 aliphatic heterocycles. The minimum atomic E-state index is 0.486. The molecule has 5 unspecified atom stereocenters. The number of hydrogen-bond donors (Lipinski definition) is 2. The van der Waals surface area contributed by atoms with E-state index in [2.05, 4.69) is 11.3 Å². The van der Waals surface area contributed by atoms with Crippen molar-refractivity contribution < 1.29 is 0 Å². The fraction of sp³-hybridized carbons (Fsp3) is 0.846. The molecule has 0 saturated heterocycles. The Bertz CT molecular complexity index is 277. The third-order valence-corrected chi connectivity index (χ3v) is 5.07. The molecule has 0 amide bonds. The van der Waals surface area contributed by atoms with E-state index in [9.17, 15) is 0 Å². The maximum atomic E-state index is 5.65. The zero-order valence-corrected chi connectivity index (χ0v) is 9.15. The van der Waals surface area contributed by atoms with E-state index in [-0.39, 0.29) is 0 Å². The van der Waals surface area contributed by atoms with Crippen molar-refractivity contribution in [3.05, 3.63) is 0 Å². The Morgan fingerprint density at radius 3 is 2.53 bits per heavy atom. The van der Waals surface area contributed by atoms with E-state index in [1.165, 1.54) is 19.3 Å². The zero-order chi connectivity index (χ0) is 10.4. The predicted molar refractivity (Wildman–Crippen MR) is 60.5 cm³/mol. The molecule has 3 aliphatic carbocycles. The molecule has 3 saturated carbocycles. The van der Waals surface area contributed by atoms with Gasteiger partial charge in [0.15, 0.2) is 0 Å². The van der Waals surface area contributed by atoms with Gasteiger partial charge in [-0.25, -0.2) is 0 Å². The van der Waals surface area contributed by atoms with Crippen LogP contribution in [0.25, 0.3) is 0 Å². The highest BCUT2D eigenvalue weighted by Crippen LogP contribution is 2.70. The second kappa shape index (κ2) is 3.50. The average Bonchev–Trinajstić information content (AvgIpc) is 2.70. The highest BCUT2D eigenvalue weighted by Gasteiger charge is 2.66. The first-order valence-electron chi connectivity index (χ1n) is 6.26. The van der Waals surface area contributed by atoms with E-state index < -0.39 is 0 Å². The van der Waals surface area contributed by atoms with Crippen LogP contribution in [0.4, 0.5) is 0 Å². The van der Waals surface area contributed by atoms with Crippen molar-refractivity contribution in [1.82, 2.24) is 5.43 Å². The summed E-state index contributed by atoms with van der Waals surface area (Å²) in [4.78, 5) is 0. The summed E-state index contributed by atoms with van der Waals surface area (Å²) in [6.07, 6.45) is 11.7. The fourth-order valence-corrected chi connectivity index (χ4v) is 4.56. The predicted octanol–water partition coefficient (Wildman–Crippen LogP) is 1.52. The number of terminal acetylenes is 1. The Hall–Kier alpha value is -0.520. The first kappa shape index (κ1) is 9.69. The van der Waals surface area contributed by atoms with Gasteiger partial charge in [0.1, 0.15) is 0 Å². The highest BCUT2D eigenvalue weighted by atomic mass is 15.2. The summed E-state index contributed by atoms with van der Waals surface area (Å²) in [5.74, 6) is 13.3. The first-order chi connectivity index (χ1) is 7.36. The lowest BCUT2D eigenvalue weighted by Crippen LogP contribution is -2.38. The van der Waals surface area contributed by atoms with Crippen molar-refractivity contribution in [1.29, 1.82) is 0 Å². The van der Waals surface area contributed by atoms with Gasteiger partial charge in [-0.05, 0) is 55.3 Å². The SMILES string of the molecule is C#CCCC(NN)C1C2C3CCC(C3)C21. The molecule has 2 nitrogen and oxygen atoms in total. The van der Waals surface area contributed by atoms with Crippen LogP contribution in [0.15, 0.2) is 0 Å². The molecule has 0 radical (unpaired) electrons. The standard InChI is InChI=1S/C13H20N2/c1-2-3-4-10(15-14)13-11-8-5-6-9(7-8)12(11)13/h1,8-13,15H,3-7,14H2.